The third-order valence-electron chi connectivity index (χ3n) is 3.28. The lowest BCUT2D eigenvalue weighted by Gasteiger charge is -2.35. The second kappa shape index (κ2) is 6.89. The van der Waals surface area contributed by atoms with Gasteiger partial charge in [-0.3, -0.25) is 9.69 Å². The van der Waals surface area contributed by atoms with E-state index in [-0.39, 0.29) is 11.7 Å². The number of hydrogen-bond donors (Lipinski definition) is 1. The number of nitrogens with zero attached hydrogens (tertiary/aromatic N) is 1. The SMILES string of the molecule is CCOC(=O)C1=C(C)NC(=S)N(C=O)C1c1ccc(Cl)cc1. The zero-order valence-electron chi connectivity index (χ0n) is 12.1. The largest absolute Gasteiger partial charge is 0.463 e. The van der Waals surface area contributed by atoms with Gasteiger partial charge in [0.15, 0.2) is 5.11 Å². The average molecular weight is 339 g/mol. The third-order valence-corrected chi connectivity index (χ3v) is 3.84. The van der Waals surface area contributed by atoms with Crippen molar-refractivity contribution in [2.75, 3.05) is 6.61 Å². The van der Waals surface area contributed by atoms with Crippen molar-refractivity contribution in [3.63, 3.8) is 0 Å². The van der Waals surface area contributed by atoms with Crippen molar-refractivity contribution in [2.24, 2.45) is 0 Å². The van der Waals surface area contributed by atoms with Crippen LogP contribution in [0, 0.1) is 0 Å². The molecule has 0 aliphatic carbocycles. The lowest BCUT2D eigenvalue weighted by atomic mass is 9.94. The molecule has 5 nitrogen and oxygen atoms in total. The van der Waals surface area contributed by atoms with Gasteiger partial charge in [0.1, 0.15) is 0 Å². The lowest BCUT2D eigenvalue weighted by molar-refractivity contribution is -0.139. The number of nitrogens with one attached hydrogen (secondary N) is 1. The summed E-state index contributed by atoms with van der Waals surface area (Å²) in [5, 5.41) is 3.66. The first-order valence-electron chi connectivity index (χ1n) is 6.67. The van der Waals surface area contributed by atoms with E-state index in [0.717, 1.165) is 5.56 Å². The highest BCUT2D eigenvalue weighted by Gasteiger charge is 2.36. The minimum Gasteiger partial charge on any atom is -0.463 e. The van der Waals surface area contributed by atoms with Crippen LogP contribution >= 0.6 is 23.8 Å². The van der Waals surface area contributed by atoms with E-state index >= 15 is 0 Å². The standard InChI is InChI=1S/C15H15ClN2O3S/c1-3-21-14(20)12-9(2)17-15(22)18(8-19)13(12)10-4-6-11(16)7-5-10/h4-8,13H,3H2,1-2H3,(H,17,22). The van der Waals surface area contributed by atoms with E-state index in [0.29, 0.717) is 22.7 Å². The first-order chi connectivity index (χ1) is 10.5. The summed E-state index contributed by atoms with van der Waals surface area (Å²) in [5.41, 5.74) is 1.65. The Morgan fingerprint density at radius 1 is 1.45 bits per heavy atom. The molecular weight excluding hydrogens is 324 g/mol. The van der Waals surface area contributed by atoms with Crippen molar-refractivity contribution in [3.05, 3.63) is 46.1 Å². The summed E-state index contributed by atoms with van der Waals surface area (Å²) < 4.78 is 5.11. The quantitative estimate of drug-likeness (QED) is 0.519. The number of carbonyl (C=O) groups is 2. The fraction of sp³-hybridized carbons (Fsp3) is 0.267. The number of esters is 1. The van der Waals surface area contributed by atoms with Gasteiger partial charge in [-0.2, -0.15) is 0 Å². The van der Waals surface area contributed by atoms with Gasteiger partial charge in [0.25, 0.3) is 0 Å². The van der Waals surface area contributed by atoms with Crippen LogP contribution in [0.2, 0.25) is 5.02 Å². The van der Waals surface area contributed by atoms with E-state index in [1.807, 2.05) is 0 Å². The molecule has 1 heterocycles. The number of amides is 1. The molecular formula is C15H15ClN2O3S. The minimum atomic E-state index is -0.637. The fourth-order valence-electron chi connectivity index (χ4n) is 2.31. The number of carbonyl (C=O) groups excluding carboxylic acids is 2. The molecule has 0 radical (unpaired) electrons. The van der Waals surface area contributed by atoms with Gasteiger partial charge < -0.3 is 10.1 Å². The molecule has 0 fully saturated rings. The summed E-state index contributed by atoms with van der Waals surface area (Å²) in [6.07, 6.45) is 0.597. The highest BCUT2D eigenvalue weighted by atomic mass is 35.5. The smallest absolute Gasteiger partial charge is 0.338 e. The molecule has 1 atom stereocenters. The molecule has 2 rings (SSSR count). The Bertz CT molecular complexity index is 643. The van der Waals surface area contributed by atoms with Crippen molar-refractivity contribution >= 4 is 41.3 Å². The van der Waals surface area contributed by atoms with Crippen molar-refractivity contribution in [3.8, 4) is 0 Å². The van der Waals surface area contributed by atoms with Gasteiger partial charge >= 0.3 is 5.97 Å². The summed E-state index contributed by atoms with van der Waals surface area (Å²) in [6, 6.07) is 6.27. The maximum Gasteiger partial charge on any atom is 0.338 e. The molecule has 0 saturated carbocycles. The molecule has 1 aromatic rings. The maximum atomic E-state index is 12.3. The number of thiocarbonyl (C=S) groups is 1. The van der Waals surface area contributed by atoms with Crippen LogP contribution < -0.4 is 5.32 Å². The van der Waals surface area contributed by atoms with Gasteiger partial charge in [-0.1, -0.05) is 23.7 Å². The van der Waals surface area contributed by atoms with Crippen LogP contribution in [0.25, 0.3) is 0 Å². The predicted molar refractivity (Wildman–Crippen MR) is 87.2 cm³/mol. The lowest BCUT2D eigenvalue weighted by Crippen LogP contribution is -2.47. The van der Waals surface area contributed by atoms with Crippen LogP contribution in [-0.4, -0.2) is 29.0 Å². The number of benzene rings is 1. The number of rotatable bonds is 4. The van der Waals surface area contributed by atoms with E-state index < -0.39 is 12.0 Å². The number of allylic oxidation sites excluding steroid dienone is 1. The number of ether oxygens (including phenoxy) is 1. The summed E-state index contributed by atoms with van der Waals surface area (Å²) in [6.45, 7) is 3.70. The van der Waals surface area contributed by atoms with Gasteiger partial charge in [-0.15, -0.1) is 0 Å². The second-order valence-electron chi connectivity index (χ2n) is 4.66. The summed E-state index contributed by atoms with van der Waals surface area (Å²) in [7, 11) is 0. The first-order valence-corrected chi connectivity index (χ1v) is 7.46. The van der Waals surface area contributed by atoms with Crippen molar-refractivity contribution in [2.45, 2.75) is 19.9 Å². The second-order valence-corrected chi connectivity index (χ2v) is 5.48. The maximum absolute atomic E-state index is 12.3. The predicted octanol–water partition coefficient (Wildman–Crippen LogP) is 2.56. The van der Waals surface area contributed by atoms with Crippen LogP contribution in [0.3, 0.4) is 0 Å². The first kappa shape index (κ1) is 16.5. The summed E-state index contributed by atoms with van der Waals surface area (Å²) in [5.74, 6) is -0.484. The topological polar surface area (TPSA) is 58.6 Å². The van der Waals surface area contributed by atoms with E-state index in [1.165, 1.54) is 4.90 Å². The minimum absolute atomic E-state index is 0.237. The number of halogens is 1. The van der Waals surface area contributed by atoms with Crippen LogP contribution in [0.4, 0.5) is 0 Å². The molecule has 0 saturated heterocycles. The van der Waals surface area contributed by atoms with Crippen LogP contribution in [-0.2, 0) is 14.3 Å². The molecule has 0 bridgehead atoms. The van der Waals surface area contributed by atoms with Crippen molar-refractivity contribution < 1.29 is 14.3 Å². The highest BCUT2D eigenvalue weighted by molar-refractivity contribution is 7.80. The Balaban J connectivity index is 2.56. The fourth-order valence-corrected chi connectivity index (χ4v) is 2.74. The Morgan fingerprint density at radius 2 is 2.09 bits per heavy atom. The Hall–Kier alpha value is -1.92. The normalized spacial score (nSPS) is 18.0. The van der Waals surface area contributed by atoms with E-state index in [2.05, 4.69) is 5.32 Å². The Kier molecular flexibility index (Phi) is 5.15. The van der Waals surface area contributed by atoms with Crippen LogP contribution in [0.1, 0.15) is 25.5 Å². The van der Waals surface area contributed by atoms with Gasteiger partial charge in [-0.05, 0) is 43.8 Å². The molecule has 0 aromatic heterocycles. The van der Waals surface area contributed by atoms with E-state index in [4.69, 9.17) is 28.6 Å². The van der Waals surface area contributed by atoms with Crippen LogP contribution in [0.15, 0.2) is 35.5 Å². The molecule has 7 heteroatoms. The van der Waals surface area contributed by atoms with Gasteiger partial charge in [0, 0.05) is 10.7 Å². The Morgan fingerprint density at radius 3 is 2.64 bits per heavy atom. The van der Waals surface area contributed by atoms with Crippen LogP contribution in [0.5, 0.6) is 0 Å². The van der Waals surface area contributed by atoms with E-state index in [9.17, 15) is 9.59 Å². The molecule has 1 aliphatic rings. The third kappa shape index (κ3) is 3.13. The molecule has 1 aliphatic heterocycles. The van der Waals surface area contributed by atoms with Gasteiger partial charge in [0.2, 0.25) is 6.41 Å². The molecule has 1 unspecified atom stereocenters. The van der Waals surface area contributed by atoms with Crippen molar-refractivity contribution in [1.82, 2.24) is 10.2 Å². The highest BCUT2D eigenvalue weighted by Crippen LogP contribution is 2.33. The van der Waals surface area contributed by atoms with E-state index in [1.54, 1.807) is 38.1 Å². The van der Waals surface area contributed by atoms with Gasteiger partial charge in [-0.25, -0.2) is 4.79 Å². The summed E-state index contributed by atoms with van der Waals surface area (Å²) in [4.78, 5) is 25.0. The molecule has 1 N–H and O–H groups in total. The average Bonchev–Trinajstić information content (AvgIpc) is 2.47. The van der Waals surface area contributed by atoms with Gasteiger partial charge in [0.05, 0.1) is 18.2 Å². The zero-order valence-corrected chi connectivity index (χ0v) is 13.7. The molecule has 22 heavy (non-hydrogen) atoms. The molecule has 0 spiro atoms. The van der Waals surface area contributed by atoms with Crippen molar-refractivity contribution in [1.29, 1.82) is 0 Å². The molecule has 1 aromatic carbocycles. The molecule has 1 amide bonds. The summed E-state index contributed by atoms with van der Waals surface area (Å²) >= 11 is 11.1. The molecule has 116 valence electrons. The zero-order chi connectivity index (χ0) is 16.3. The number of hydrogen-bond acceptors (Lipinski definition) is 4. The monoisotopic (exact) mass is 338 g/mol. The Labute approximate surface area is 138 Å².